The first-order valence-corrected chi connectivity index (χ1v) is 6.91. The molecule has 0 unspecified atom stereocenters. The van der Waals surface area contributed by atoms with E-state index in [4.69, 9.17) is 11.6 Å². The summed E-state index contributed by atoms with van der Waals surface area (Å²) in [6.45, 7) is 0.558. The van der Waals surface area contributed by atoms with Crippen LogP contribution in [0.3, 0.4) is 0 Å². The predicted molar refractivity (Wildman–Crippen MR) is 76.2 cm³/mol. The van der Waals surface area contributed by atoms with Gasteiger partial charge in [0, 0.05) is 17.4 Å². The number of aromatic amines is 1. The summed E-state index contributed by atoms with van der Waals surface area (Å²) in [4.78, 5) is 15.9. The van der Waals surface area contributed by atoms with Crippen LogP contribution in [-0.2, 0) is 6.42 Å². The summed E-state index contributed by atoms with van der Waals surface area (Å²) < 4.78 is 0.823. The van der Waals surface area contributed by atoms with Crippen LogP contribution in [-0.4, -0.2) is 27.6 Å². The zero-order valence-electron chi connectivity index (χ0n) is 9.99. The van der Waals surface area contributed by atoms with Gasteiger partial charge in [-0.05, 0) is 24.6 Å². The molecule has 19 heavy (non-hydrogen) atoms. The second-order valence-corrected chi connectivity index (χ2v) is 5.24. The minimum atomic E-state index is -0.177. The fourth-order valence-electron chi connectivity index (χ4n) is 1.58. The Bertz CT molecular complexity index is 559. The number of aryl methyl sites for hydroxylation is 1. The van der Waals surface area contributed by atoms with Crippen LogP contribution >= 0.6 is 27.5 Å². The van der Waals surface area contributed by atoms with E-state index in [1.165, 1.54) is 6.33 Å². The van der Waals surface area contributed by atoms with E-state index < -0.39 is 0 Å². The van der Waals surface area contributed by atoms with E-state index in [0.29, 0.717) is 17.1 Å². The Kier molecular flexibility index (Phi) is 4.93. The molecule has 0 aliphatic carbocycles. The molecule has 100 valence electrons. The van der Waals surface area contributed by atoms with Crippen molar-refractivity contribution in [3.63, 3.8) is 0 Å². The normalized spacial score (nSPS) is 10.4. The molecule has 0 atom stereocenters. The highest BCUT2D eigenvalue weighted by atomic mass is 79.9. The number of nitrogens with zero attached hydrogens (tertiary/aromatic N) is 2. The van der Waals surface area contributed by atoms with Gasteiger partial charge in [-0.1, -0.05) is 27.5 Å². The lowest BCUT2D eigenvalue weighted by atomic mass is 10.2. The number of benzene rings is 1. The molecule has 0 aliphatic heterocycles. The van der Waals surface area contributed by atoms with Gasteiger partial charge in [-0.15, -0.1) is 0 Å². The van der Waals surface area contributed by atoms with Crippen molar-refractivity contribution >= 4 is 33.4 Å². The standard InChI is InChI=1S/C12H12BrClN4O/c13-8-3-4-10(14)9(6-8)12(19)15-5-1-2-11-16-7-17-18-11/h3-4,6-7H,1-2,5H2,(H,15,19)(H,16,17,18). The minimum Gasteiger partial charge on any atom is -0.352 e. The van der Waals surface area contributed by atoms with Crippen molar-refractivity contribution in [3.05, 3.63) is 45.4 Å². The van der Waals surface area contributed by atoms with Crippen LogP contribution in [0.4, 0.5) is 0 Å². The van der Waals surface area contributed by atoms with Gasteiger partial charge in [0.05, 0.1) is 10.6 Å². The van der Waals surface area contributed by atoms with E-state index in [-0.39, 0.29) is 5.91 Å². The molecule has 0 fully saturated rings. The molecule has 5 nitrogen and oxygen atoms in total. The van der Waals surface area contributed by atoms with Crippen LogP contribution in [0.2, 0.25) is 5.02 Å². The number of halogens is 2. The Morgan fingerprint density at radius 2 is 2.32 bits per heavy atom. The lowest BCUT2D eigenvalue weighted by Crippen LogP contribution is -2.25. The predicted octanol–water partition coefficient (Wildman–Crippen LogP) is 2.58. The summed E-state index contributed by atoms with van der Waals surface area (Å²) in [5, 5.41) is 9.80. The molecule has 1 aromatic carbocycles. The molecule has 1 heterocycles. The molecule has 0 radical (unpaired) electrons. The summed E-state index contributed by atoms with van der Waals surface area (Å²) in [5.74, 6) is 0.638. The van der Waals surface area contributed by atoms with Gasteiger partial charge in [0.15, 0.2) is 0 Å². The lowest BCUT2D eigenvalue weighted by molar-refractivity contribution is 0.0953. The van der Waals surface area contributed by atoms with E-state index >= 15 is 0 Å². The first-order valence-electron chi connectivity index (χ1n) is 5.74. The minimum absolute atomic E-state index is 0.177. The Morgan fingerprint density at radius 3 is 3.05 bits per heavy atom. The number of nitrogens with one attached hydrogen (secondary N) is 2. The average Bonchev–Trinajstić information content (AvgIpc) is 2.90. The summed E-state index contributed by atoms with van der Waals surface area (Å²) in [5.41, 5.74) is 0.468. The highest BCUT2D eigenvalue weighted by Gasteiger charge is 2.10. The maximum atomic E-state index is 11.9. The molecule has 0 aliphatic rings. The third-order valence-electron chi connectivity index (χ3n) is 2.51. The van der Waals surface area contributed by atoms with Gasteiger partial charge < -0.3 is 5.32 Å². The monoisotopic (exact) mass is 342 g/mol. The second-order valence-electron chi connectivity index (χ2n) is 3.92. The van der Waals surface area contributed by atoms with Gasteiger partial charge in [0.2, 0.25) is 0 Å². The first-order chi connectivity index (χ1) is 9.16. The lowest BCUT2D eigenvalue weighted by Gasteiger charge is -2.06. The third kappa shape index (κ3) is 4.04. The highest BCUT2D eigenvalue weighted by molar-refractivity contribution is 9.10. The fourth-order valence-corrected chi connectivity index (χ4v) is 2.14. The third-order valence-corrected chi connectivity index (χ3v) is 3.34. The molecule has 2 aromatic rings. The van der Waals surface area contributed by atoms with Crippen LogP contribution in [0, 0.1) is 0 Å². The van der Waals surface area contributed by atoms with E-state index in [1.807, 2.05) is 0 Å². The molecule has 2 rings (SSSR count). The molecule has 2 N–H and O–H groups in total. The summed E-state index contributed by atoms with van der Waals surface area (Å²) in [6, 6.07) is 5.19. The Labute approximate surface area is 123 Å². The molecule has 0 spiro atoms. The zero-order valence-corrected chi connectivity index (χ0v) is 12.3. The van der Waals surface area contributed by atoms with Crippen molar-refractivity contribution in [2.75, 3.05) is 6.54 Å². The van der Waals surface area contributed by atoms with E-state index in [9.17, 15) is 4.79 Å². The van der Waals surface area contributed by atoms with Crippen molar-refractivity contribution in [2.24, 2.45) is 0 Å². The molecule has 0 saturated carbocycles. The maximum Gasteiger partial charge on any atom is 0.252 e. The highest BCUT2D eigenvalue weighted by Crippen LogP contribution is 2.20. The fraction of sp³-hybridized carbons (Fsp3) is 0.250. The number of aromatic nitrogens is 3. The van der Waals surface area contributed by atoms with Crippen molar-refractivity contribution in [1.29, 1.82) is 0 Å². The number of carbonyl (C=O) groups is 1. The number of rotatable bonds is 5. The largest absolute Gasteiger partial charge is 0.352 e. The molecule has 7 heteroatoms. The Hall–Kier alpha value is -1.40. The van der Waals surface area contributed by atoms with Gasteiger partial charge in [0.1, 0.15) is 12.2 Å². The number of hydrogen-bond donors (Lipinski definition) is 2. The molecule has 0 bridgehead atoms. The van der Waals surface area contributed by atoms with Crippen LogP contribution < -0.4 is 5.32 Å². The van der Waals surface area contributed by atoms with Crippen LogP contribution in [0.15, 0.2) is 29.0 Å². The first kappa shape index (κ1) is 14.0. The molecular weight excluding hydrogens is 332 g/mol. The van der Waals surface area contributed by atoms with Crippen molar-refractivity contribution in [2.45, 2.75) is 12.8 Å². The van der Waals surface area contributed by atoms with Crippen LogP contribution in [0.25, 0.3) is 0 Å². The average molecular weight is 344 g/mol. The zero-order chi connectivity index (χ0) is 13.7. The number of carbonyl (C=O) groups excluding carboxylic acids is 1. The number of H-pyrrole nitrogens is 1. The van der Waals surface area contributed by atoms with E-state index in [2.05, 4.69) is 36.4 Å². The smallest absolute Gasteiger partial charge is 0.252 e. The van der Waals surface area contributed by atoms with E-state index in [1.54, 1.807) is 18.2 Å². The van der Waals surface area contributed by atoms with Crippen molar-refractivity contribution < 1.29 is 4.79 Å². The Morgan fingerprint density at radius 1 is 1.47 bits per heavy atom. The van der Waals surface area contributed by atoms with Crippen LogP contribution in [0.1, 0.15) is 22.6 Å². The number of amides is 1. The Balaban J connectivity index is 1.82. The molecular formula is C12H12BrClN4O. The molecule has 0 saturated heterocycles. The van der Waals surface area contributed by atoms with Gasteiger partial charge in [0.25, 0.3) is 5.91 Å². The molecule has 1 aromatic heterocycles. The summed E-state index contributed by atoms with van der Waals surface area (Å²) >= 11 is 9.29. The SMILES string of the molecule is O=C(NCCCc1ncn[nH]1)c1cc(Br)ccc1Cl. The van der Waals surface area contributed by atoms with Gasteiger partial charge in [-0.3, -0.25) is 9.89 Å². The van der Waals surface area contributed by atoms with Crippen molar-refractivity contribution in [1.82, 2.24) is 20.5 Å². The molecule has 1 amide bonds. The quantitative estimate of drug-likeness (QED) is 0.820. The second kappa shape index (κ2) is 6.68. The van der Waals surface area contributed by atoms with E-state index in [0.717, 1.165) is 23.1 Å². The van der Waals surface area contributed by atoms with Gasteiger partial charge in [-0.2, -0.15) is 5.10 Å². The van der Waals surface area contributed by atoms with Crippen molar-refractivity contribution in [3.8, 4) is 0 Å². The maximum absolute atomic E-state index is 11.9. The summed E-state index contributed by atoms with van der Waals surface area (Å²) in [7, 11) is 0. The summed E-state index contributed by atoms with van der Waals surface area (Å²) in [6.07, 6.45) is 2.99. The topological polar surface area (TPSA) is 70.7 Å². The van der Waals surface area contributed by atoms with Gasteiger partial charge in [-0.25, -0.2) is 4.98 Å². The number of hydrogen-bond acceptors (Lipinski definition) is 3. The van der Waals surface area contributed by atoms with Gasteiger partial charge >= 0.3 is 0 Å². The van der Waals surface area contributed by atoms with Crippen LogP contribution in [0.5, 0.6) is 0 Å².